The lowest BCUT2D eigenvalue weighted by Gasteiger charge is -2.39. The van der Waals surface area contributed by atoms with Gasteiger partial charge in [-0.25, -0.2) is 0 Å². The summed E-state index contributed by atoms with van der Waals surface area (Å²) in [5.74, 6) is 2.33. The van der Waals surface area contributed by atoms with E-state index >= 15 is 0 Å². The molecule has 0 N–H and O–H groups in total. The highest BCUT2D eigenvalue weighted by atomic mass is 33.8. The van der Waals surface area contributed by atoms with Crippen molar-refractivity contribution in [3.8, 4) is 0 Å². The van der Waals surface area contributed by atoms with E-state index in [2.05, 4.69) is 26.3 Å². The first kappa shape index (κ1) is 24.0. The molecule has 136 valence electrons. The maximum atomic E-state index is 5.38. The molecule has 0 fully saturated rings. The minimum Gasteiger partial charge on any atom is -0.356 e. The molecule has 0 atom stereocenters. The standard InChI is InChI=1S/C11H30O4S5Si2/c1-12-10(13-2)6-8-20(17-18-21,19-22-16-5)9-7-11(14-3)15-4/h10-11H,6-9,22H2,1-5,21H3. The molecule has 0 spiro atoms. The molecule has 0 aromatic heterocycles. The molecule has 0 unspecified atom stereocenters. The Hall–Kier alpha value is 2.02. The van der Waals surface area contributed by atoms with E-state index in [0.717, 1.165) is 33.7 Å². The zero-order valence-corrected chi connectivity index (χ0v) is 21.9. The van der Waals surface area contributed by atoms with Crippen LogP contribution in [0, 0.1) is 0 Å². The summed E-state index contributed by atoms with van der Waals surface area (Å²) in [5.41, 5.74) is 0. The van der Waals surface area contributed by atoms with Crippen LogP contribution in [0.1, 0.15) is 12.8 Å². The summed E-state index contributed by atoms with van der Waals surface area (Å²) in [7, 11) is 13.5. The Bertz CT molecular complexity index is 245. The number of hydrogen-bond acceptors (Lipinski definition) is 8. The van der Waals surface area contributed by atoms with Crippen LogP contribution in [-0.4, -0.2) is 76.0 Å². The molecule has 0 aliphatic heterocycles. The third-order valence-electron chi connectivity index (χ3n) is 2.95. The molecule has 0 aromatic rings. The van der Waals surface area contributed by atoms with Crippen molar-refractivity contribution in [1.82, 2.24) is 0 Å². The van der Waals surface area contributed by atoms with Gasteiger partial charge in [-0.3, -0.25) is 0 Å². The SMILES string of the molecule is COC(CCS(CCC(OC)OC)(S[SiH2]SC)SS[SiH3])OC. The summed E-state index contributed by atoms with van der Waals surface area (Å²) in [6.45, 7) is 0. The van der Waals surface area contributed by atoms with E-state index in [1.807, 2.05) is 21.5 Å². The highest BCUT2D eigenvalue weighted by molar-refractivity contribution is 9.42. The molecule has 11 heteroatoms. The lowest BCUT2D eigenvalue weighted by molar-refractivity contribution is -0.103. The van der Waals surface area contributed by atoms with Gasteiger partial charge >= 0.3 is 0 Å². The normalized spacial score (nSPS) is 14.0. The molecule has 0 saturated heterocycles. The molecule has 0 aliphatic carbocycles. The molecule has 0 bridgehead atoms. The average molecular weight is 443 g/mol. The van der Waals surface area contributed by atoms with Gasteiger partial charge in [0.15, 0.2) is 20.4 Å². The second-order valence-electron chi connectivity index (χ2n) is 4.29. The van der Waals surface area contributed by atoms with Crippen molar-refractivity contribution < 1.29 is 18.9 Å². The second-order valence-corrected chi connectivity index (χ2v) is 25.6. The van der Waals surface area contributed by atoms with Gasteiger partial charge in [0.05, 0.1) is 9.39 Å². The predicted octanol–water partition coefficient (Wildman–Crippen LogP) is 2.40. The highest BCUT2D eigenvalue weighted by Crippen LogP contribution is 2.73. The third kappa shape index (κ3) is 10.1. The van der Waals surface area contributed by atoms with Gasteiger partial charge in [0.25, 0.3) is 0 Å². The van der Waals surface area contributed by atoms with Gasteiger partial charge in [0.1, 0.15) is 0 Å². The van der Waals surface area contributed by atoms with Gasteiger partial charge in [-0.05, 0) is 27.6 Å². The lowest BCUT2D eigenvalue weighted by Crippen LogP contribution is -2.20. The zero-order valence-electron chi connectivity index (χ0n) is 14.4. The van der Waals surface area contributed by atoms with Gasteiger partial charge in [0, 0.05) is 41.3 Å². The van der Waals surface area contributed by atoms with Crippen LogP contribution in [0.15, 0.2) is 0 Å². The Balaban J connectivity index is 4.80. The maximum Gasteiger partial charge on any atom is 0.158 e. The Labute approximate surface area is 156 Å². The van der Waals surface area contributed by atoms with Crippen LogP contribution in [0.2, 0.25) is 0 Å². The lowest BCUT2D eigenvalue weighted by atomic mass is 10.5. The fourth-order valence-electron chi connectivity index (χ4n) is 1.78. The summed E-state index contributed by atoms with van der Waals surface area (Å²) in [6.07, 6.45) is 3.95. The molecule has 4 nitrogen and oxygen atoms in total. The van der Waals surface area contributed by atoms with E-state index in [4.69, 9.17) is 18.9 Å². The summed E-state index contributed by atoms with van der Waals surface area (Å²) in [6, 6.07) is 0. The summed E-state index contributed by atoms with van der Waals surface area (Å²) in [5, 5.41) is 0. The van der Waals surface area contributed by atoms with Crippen LogP contribution < -0.4 is 0 Å². The van der Waals surface area contributed by atoms with Crippen LogP contribution in [0.25, 0.3) is 0 Å². The predicted molar refractivity (Wildman–Crippen MR) is 117 cm³/mol. The number of rotatable bonds is 15. The van der Waals surface area contributed by atoms with Crippen molar-refractivity contribution in [2.45, 2.75) is 25.4 Å². The fraction of sp³-hybridized carbons (Fsp3) is 1.00. The highest BCUT2D eigenvalue weighted by Gasteiger charge is 2.28. The summed E-state index contributed by atoms with van der Waals surface area (Å²) < 4.78 is 21.5. The van der Waals surface area contributed by atoms with E-state index in [1.165, 1.54) is 0 Å². The Kier molecular flexibility index (Phi) is 16.7. The molecular formula is C11H30O4S5Si2. The molecule has 0 aliphatic rings. The van der Waals surface area contributed by atoms with E-state index < -0.39 is 8.09 Å². The van der Waals surface area contributed by atoms with Crippen molar-refractivity contribution in [1.29, 1.82) is 0 Å². The smallest absolute Gasteiger partial charge is 0.158 e. The molecule has 22 heavy (non-hydrogen) atoms. The topological polar surface area (TPSA) is 36.9 Å². The first-order valence-electron chi connectivity index (χ1n) is 6.86. The first-order chi connectivity index (χ1) is 10.6. The number of methoxy groups -OCH3 is 4. The van der Waals surface area contributed by atoms with E-state index in [0.29, 0.717) is 0 Å². The minimum absolute atomic E-state index is 0.0937. The van der Waals surface area contributed by atoms with E-state index in [1.54, 1.807) is 28.4 Å². The van der Waals surface area contributed by atoms with Gasteiger partial charge in [0.2, 0.25) is 0 Å². The van der Waals surface area contributed by atoms with Crippen LogP contribution >= 0.6 is 49.6 Å². The Morgan fingerprint density at radius 3 is 1.73 bits per heavy atom. The maximum absolute atomic E-state index is 5.38. The molecule has 0 amide bonds. The van der Waals surface area contributed by atoms with Crippen molar-refractivity contribution in [3.05, 3.63) is 0 Å². The molecular weight excluding hydrogens is 413 g/mol. The fourth-order valence-corrected chi connectivity index (χ4v) is 42.3. The zero-order chi connectivity index (χ0) is 16.8. The monoisotopic (exact) mass is 442 g/mol. The Morgan fingerprint density at radius 2 is 1.41 bits per heavy atom. The van der Waals surface area contributed by atoms with Crippen LogP contribution in [0.4, 0.5) is 0 Å². The first-order valence-corrected chi connectivity index (χ1v) is 20.7. The minimum atomic E-state index is -0.787. The number of ether oxygens (including phenoxy) is 4. The average Bonchev–Trinajstić information content (AvgIpc) is 2.55. The van der Waals surface area contributed by atoms with Gasteiger partial charge < -0.3 is 18.9 Å². The number of hydrogen-bond donors (Lipinski definition) is 0. The van der Waals surface area contributed by atoms with Crippen molar-refractivity contribution in [2.24, 2.45) is 0 Å². The Morgan fingerprint density at radius 1 is 0.955 bits per heavy atom. The second kappa shape index (κ2) is 15.3. The van der Waals surface area contributed by atoms with Gasteiger partial charge in [-0.1, -0.05) is 0 Å². The third-order valence-corrected chi connectivity index (χ3v) is 31.9. The van der Waals surface area contributed by atoms with Crippen LogP contribution in [0.3, 0.4) is 0 Å². The summed E-state index contributed by atoms with van der Waals surface area (Å²) in [4.78, 5) is 0. The van der Waals surface area contributed by atoms with Crippen LogP contribution in [-0.2, 0) is 18.9 Å². The summed E-state index contributed by atoms with van der Waals surface area (Å²) >= 11 is 2.03. The van der Waals surface area contributed by atoms with E-state index in [9.17, 15) is 0 Å². The van der Waals surface area contributed by atoms with Crippen molar-refractivity contribution in [2.75, 3.05) is 46.2 Å². The molecule has 0 heterocycles. The van der Waals surface area contributed by atoms with Gasteiger partial charge in [-0.15, -0.1) is 28.6 Å². The van der Waals surface area contributed by atoms with Crippen LogP contribution in [0.5, 0.6) is 0 Å². The molecule has 0 aromatic carbocycles. The molecule has 0 rings (SSSR count). The van der Waals surface area contributed by atoms with Crippen molar-refractivity contribution in [3.63, 3.8) is 0 Å². The van der Waals surface area contributed by atoms with Crippen molar-refractivity contribution >= 4 is 66.8 Å². The van der Waals surface area contributed by atoms with E-state index in [-0.39, 0.29) is 20.4 Å². The molecule has 0 saturated carbocycles. The molecule has 0 radical (unpaired) electrons. The largest absolute Gasteiger partial charge is 0.356 e. The van der Waals surface area contributed by atoms with Gasteiger partial charge in [-0.2, -0.15) is 11.2 Å². The quantitative estimate of drug-likeness (QED) is 0.217.